The van der Waals surface area contributed by atoms with Gasteiger partial charge in [0.05, 0.1) is 19.3 Å². The summed E-state index contributed by atoms with van der Waals surface area (Å²) in [6.07, 6.45) is 0. The molecule has 0 spiro atoms. The van der Waals surface area contributed by atoms with Crippen molar-refractivity contribution in [3.8, 4) is 5.75 Å². The Bertz CT molecular complexity index is 1300. The smallest absolute Gasteiger partial charge is 0.322 e. The minimum atomic E-state index is -0.318. The highest BCUT2D eigenvalue weighted by Crippen LogP contribution is 2.24. The van der Waals surface area contributed by atoms with Gasteiger partial charge in [0.1, 0.15) is 5.75 Å². The van der Waals surface area contributed by atoms with Crippen LogP contribution in [0.4, 0.5) is 10.5 Å². The Morgan fingerprint density at radius 1 is 0.969 bits per heavy atom. The zero-order chi connectivity index (χ0) is 22.5. The topological polar surface area (TPSA) is 74.4 Å². The number of hydrogen-bond donors (Lipinski definition) is 2. The van der Waals surface area contributed by atoms with E-state index in [1.165, 1.54) is 0 Å². The van der Waals surface area contributed by atoms with E-state index >= 15 is 0 Å². The summed E-state index contributed by atoms with van der Waals surface area (Å²) in [4.78, 5) is 30.6. The van der Waals surface area contributed by atoms with Gasteiger partial charge in [-0.05, 0) is 48.2 Å². The van der Waals surface area contributed by atoms with E-state index in [1.54, 1.807) is 24.1 Å². The summed E-state index contributed by atoms with van der Waals surface area (Å²) in [6, 6.07) is 24.3. The van der Waals surface area contributed by atoms with Crippen molar-refractivity contribution in [2.45, 2.75) is 20.0 Å². The largest absolute Gasteiger partial charge is 0.495 e. The second kappa shape index (κ2) is 9.39. The summed E-state index contributed by atoms with van der Waals surface area (Å²) in [5.74, 6) is 0.569. The number of hydrogen-bond acceptors (Lipinski definition) is 3. The van der Waals surface area contributed by atoms with Crippen LogP contribution in [0.2, 0.25) is 0 Å². The number of carbonyl (C=O) groups is 1. The van der Waals surface area contributed by atoms with E-state index in [2.05, 4.69) is 10.3 Å². The zero-order valence-corrected chi connectivity index (χ0v) is 18.1. The number of urea groups is 1. The lowest BCUT2D eigenvalue weighted by Crippen LogP contribution is -2.35. The van der Waals surface area contributed by atoms with Crippen LogP contribution in [0.3, 0.4) is 0 Å². The van der Waals surface area contributed by atoms with Gasteiger partial charge in [0.15, 0.2) is 0 Å². The van der Waals surface area contributed by atoms with Gasteiger partial charge in [0.2, 0.25) is 0 Å². The minimum Gasteiger partial charge on any atom is -0.495 e. The molecular weight excluding hydrogens is 402 g/mol. The van der Waals surface area contributed by atoms with Crippen molar-refractivity contribution in [2.75, 3.05) is 12.4 Å². The molecule has 2 amide bonds. The molecule has 0 radical (unpaired) electrons. The summed E-state index contributed by atoms with van der Waals surface area (Å²) in [6.45, 7) is 2.52. The predicted molar refractivity (Wildman–Crippen MR) is 127 cm³/mol. The number of fused-ring (bicyclic) bond motifs is 1. The normalized spacial score (nSPS) is 10.7. The van der Waals surface area contributed by atoms with Crippen LogP contribution < -0.4 is 15.6 Å². The van der Waals surface area contributed by atoms with Gasteiger partial charge < -0.3 is 19.9 Å². The first-order valence-electron chi connectivity index (χ1n) is 10.4. The van der Waals surface area contributed by atoms with Crippen LogP contribution in [0, 0.1) is 6.92 Å². The standard InChI is InChI=1S/C26H25N3O3/c1-18-12-13-22-20(14-18)15-21(25(30)27-22)17-29(16-19-8-4-3-5-9-19)26(31)28-23-10-6-7-11-24(23)32-2/h3-15H,16-17H2,1-2H3,(H,27,30)(H,28,31). The van der Waals surface area contributed by atoms with Crippen LogP contribution in [0.1, 0.15) is 16.7 Å². The second-order valence-electron chi connectivity index (χ2n) is 7.69. The van der Waals surface area contributed by atoms with Gasteiger partial charge in [-0.1, -0.05) is 54.1 Å². The summed E-state index contributed by atoms with van der Waals surface area (Å²) >= 11 is 0. The number of carbonyl (C=O) groups excluding carboxylic acids is 1. The zero-order valence-electron chi connectivity index (χ0n) is 18.1. The molecule has 0 aliphatic carbocycles. The van der Waals surface area contributed by atoms with Crippen LogP contribution in [0.5, 0.6) is 5.75 Å². The van der Waals surface area contributed by atoms with Crippen molar-refractivity contribution < 1.29 is 9.53 Å². The molecule has 3 aromatic carbocycles. The van der Waals surface area contributed by atoms with E-state index < -0.39 is 0 Å². The van der Waals surface area contributed by atoms with Crippen LogP contribution in [-0.4, -0.2) is 23.0 Å². The maximum absolute atomic E-state index is 13.3. The van der Waals surface area contributed by atoms with Gasteiger partial charge in [0, 0.05) is 17.6 Å². The SMILES string of the molecule is COc1ccccc1NC(=O)N(Cc1ccccc1)Cc1cc2cc(C)ccc2[nH]c1=O. The number of aryl methyl sites for hydroxylation is 1. The maximum atomic E-state index is 13.3. The number of pyridine rings is 1. The fourth-order valence-corrected chi connectivity index (χ4v) is 3.64. The third-order valence-corrected chi connectivity index (χ3v) is 5.29. The fourth-order valence-electron chi connectivity index (χ4n) is 3.64. The number of para-hydroxylation sites is 2. The molecule has 0 unspecified atom stereocenters. The molecule has 1 heterocycles. The van der Waals surface area contributed by atoms with E-state index in [9.17, 15) is 9.59 Å². The first kappa shape index (κ1) is 21.2. The number of aromatic amines is 1. The number of rotatable bonds is 6. The fraction of sp³-hybridized carbons (Fsp3) is 0.154. The molecule has 0 bridgehead atoms. The summed E-state index contributed by atoms with van der Waals surface area (Å²) in [7, 11) is 1.56. The summed E-state index contributed by atoms with van der Waals surface area (Å²) < 4.78 is 5.35. The van der Waals surface area contributed by atoms with E-state index in [1.807, 2.05) is 73.7 Å². The molecule has 0 saturated heterocycles. The van der Waals surface area contributed by atoms with E-state index in [-0.39, 0.29) is 18.1 Å². The first-order valence-corrected chi connectivity index (χ1v) is 10.4. The molecule has 6 heteroatoms. The summed E-state index contributed by atoms with van der Waals surface area (Å²) in [5.41, 5.74) is 3.73. The van der Waals surface area contributed by atoms with Crippen molar-refractivity contribution in [1.82, 2.24) is 9.88 Å². The molecule has 4 rings (SSSR count). The molecule has 0 aliphatic rings. The number of ether oxygens (including phenoxy) is 1. The number of H-pyrrole nitrogens is 1. The summed E-state index contributed by atoms with van der Waals surface area (Å²) in [5, 5.41) is 3.85. The van der Waals surface area contributed by atoms with E-state index in [4.69, 9.17) is 4.74 Å². The number of benzene rings is 3. The molecule has 0 atom stereocenters. The number of aromatic nitrogens is 1. The number of nitrogens with zero attached hydrogens (tertiary/aromatic N) is 1. The predicted octanol–water partition coefficient (Wildman–Crippen LogP) is 5.08. The quantitative estimate of drug-likeness (QED) is 0.451. The van der Waals surface area contributed by atoms with Gasteiger partial charge in [-0.15, -0.1) is 0 Å². The Kier molecular flexibility index (Phi) is 6.22. The Morgan fingerprint density at radius 2 is 1.72 bits per heavy atom. The number of methoxy groups -OCH3 is 1. The van der Waals surface area contributed by atoms with Crippen LogP contribution in [0.25, 0.3) is 10.9 Å². The number of amides is 2. The Morgan fingerprint density at radius 3 is 2.50 bits per heavy atom. The average molecular weight is 428 g/mol. The molecule has 1 aromatic heterocycles. The highest BCUT2D eigenvalue weighted by molar-refractivity contribution is 5.91. The highest BCUT2D eigenvalue weighted by atomic mass is 16.5. The van der Waals surface area contributed by atoms with Gasteiger partial charge in [0.25, 0.3) is 5.56 Å². The molecule has 0 saturated carbocycles. The number of nitrogens with one attached hydrogen (secondary N) is 2. The molecule has 162 valence electrons. The average Bonchev–Trinajstić information content (AvgIpc) is 2.80. The van der Waals surface area contributed by atoms with E-state index in [0.717, 1.165) is 22.0 Å². The third kappa shape index (κ3) is 4.81. The van der Waals surface area contributed by atoms with Crippen LogP contribution >= 0.6 is 0 Å². The van der Waals surface area contributed by atoms with Crippen molar-refractivity contribution in [3.05, 3.63) is 106 Å². The number of anilines is 1. The lowest BCUT2D eigenvalue weighted by molar-refractivity contribution is 0.206. The molecular formula is C26H25N3O3. The molecule has 0 aliphatic heterocycles. The Hall–Kier alpha value is -4.06. The monoisotopic (exact) mass is 427 g/mol. The van der Waals surface area contributed by atoms with Crippen molar-refractivity contribution in [3.63, 3.8) is 0 Å². The van der Waals surface area contributed by atoms with Gasteiger partial charge >= 0.3 is 6.03 Å². The van der Waals surface area contributed by atoms with Crippen LogP contribution in [-0.2, 0) is 13.1 Å². The Balaban J connectivity index is 1.66. The van der Waals surface area contributed by atoms with Crippen LogP contribution in [0.15, 0.2) is 83.7 Å². The van der Waals surface area contributed by atoms with E-state index in [0.29, 0.717) is 23.5 Å². The molecule has 2 N–H and O–H groups in total. The van der Waals surface area contributed by atoms with Crippen molar-refractivity contribution in [1.29, 1.82) is 0 Å². The Labute approximate surface area is 186 Å². The molecule has 4 aromatic rings. The third-order valence-electron chi connectivity index (χ3n) is 5.29. The molecule has 6 nitrogen and oxygen atoms in total. The van der Waals surface area contributed by atoms with Crippen molar-refractivity contribution >= 4 is 22.6 Å². The second-order valence-corrected chi connectivity index (χ2v) is 7.69. The van der Waals surface area contributed by atoms with Gasteiger partial charge in [-0.3, -0.25) is 4.79 Å². The van der Waals surface area contributed by atoms with Crippen molar-refractivity contribution in [2.24, 2.45) is 0 Å². The molecule has 0 fully saturated rings. The van der Waals surface area contributed by atoms with Gasteiger partial charge in [-0.25, -0.2) is 4.79 Å². The molecule has 32 heavy (non-hydrogen) atoms. The highest BCUT2D eigenvalue weighted by Gasteiger charge is 2.18. The maximum Gasteiger partial charge on any atom is 0.322 e. The first-order chi connectivity index (χ1) is 15.5. The van der Waals surface area contributed by atoms with Gasteiger partial charge in [-0.2, -0.15) is 0 Å². The lowest BCUT2D eigenvalue weighted by Gasteiger charge is -2.24. The lowest BCUT2D eigenvalue weighted by atomic mass is 10.1. The minimum absolute atomic E-state index is 0.162.